The van der Waals surface area contributed by atoms with Crippen LogP contribution >= 0.6 is 0 Å². The number of aldehydes is 1. The van der Waals surface area contributed by atoms with Gasteiger partial charge in [0.15, 0.2) is 0 Å². The number of benzene rings is 1. The third-order valence-corrected chi connectivity index (χ3v) is 5.73. The molecule has 1 fully saturated rings. The average molecular weight is 413 g/mol. The van der Waals surface area contributed by atoms with Crippen molar-refractivity contribution in [2.24, 2.45) is 11.8 Å². The summed E-state index contributed by atoms with van der Waals surface area (Å²) in [4.78, 5) is 16.6. The van der Waals surface area contributed by atoms with Crippen LogP contribution in [0.15, 0.2) is 59.4 Å². The van der Waals surface area contributed by atoms with E-state index in [9.17, 15) is 9.18 Å². The molecular weight excluding hydrogens is 379 g/mol. The second kappa shape index (κ2) is 10.6. The molecule has 0 aromatic heterocycles. The Hall–Kier alpha value is -2.40. The Morgan fingerprint density at radius 1 is 1.20 bits per heavy atom. The zero-order valence-corrected chi connectivity index (χ0v) is 18.3. The highest BCUT2D eigenvalue weighted by Crippen LogP contribution is 2.29. The minimum absolute atomic E-state index is 0.202. The van der Waals surface area contributed by atoms with Gasteiger partial charge in [0, 0.05) is 38.4 Å². The van der Waals surface area contributed by atoms with E-state index in [1.165, 1.54) is 11.6 Å². The Morgan fingerprint density at radius 3 is 2.60 bits per heavy atom. The van der Waals surface area contributed by atoms with Crippen molar-refractivity contribution in [1.29, 1.82) is 0 Å². The van der Waals surface area contributed by atoms with Gasteiger partial charge in [-0.25, -0.2) is 4.39 Å². The van der Waals surface area contributed by atoms with Crippen LogP contribution in [0.5, 0.6) is 0 Å². The molecule has 1 aromatic carbocycles. The number of anilines is 1. The highest BCUT2D eigenvalue weighted by atomic mass is 19.1. The molecule has 1 aliphatic carbocycles. The molecule has 3 rings (SSSR count). The summed E-state index contributed by atoms with van der Waals surface area (Å²) >= 11 is 0. The molecule has 0 spiro atoms. The molecule has 1 unspecified atom stereocenters. The maximum absolute atomic E-state index is 13.5. The van der Waals surface area contributed by atoms with E-state index in [1.54, 1.807) is 12.1 Å². The summed E-state index contributed by atoms with van der Waals surface area (Å²) < 4.78 is 19.5. The number of carbonyl (C=O) groups is 1. The van der Waals surface area contributed by atoms with Crippen LogP contribution in [0.3, 0.4) is 0 Å². The second-order valence-electron chi connectivity index (χ2n) is 8.31. The van der Waals surface area contributed by atoms with E-state index in [4.69, 9.17) is 4.74 Å². The molecule has 0 radical (unpaired) electrons. The van der Waals surface area contributed by atoms with E-state index in [0.717, 1.165) is 62.5 Å². The first kappa shape index (κ1) is 22.3. The monoisotopic (exact) mass is 412 g/mol. The van der Waals surface area contributed by atoms with Crippen molar-refractivity contribution in [3.05, 3.63) is 65.2 Å². The molecule has 0 bridgehead atoms. The van der Waals surface area contributed by atoms with Gasteiger partial charge in [0.05, 0.1) is 12.5 Å². The predicted octanol–water partition coefficient (Wildman–Crippen LogP) is 4.60. The summed E-state index contributed by atoms with van der Waals surface area (Å²) in [7, 11) is 0. The van der Waals surface area contributed by atoms with E-state index in [1.807, 2.05) is 12.1 Å². The van der Waals surface area contributed by atoms with Crippen LogP contribution in [-0.4, -0.2) is 50.5 Å². The van der Waals surface area contributed by atoms with E-state index in [0.29, 0.717) is 12.5 Å². The summed E-state index contributed by atoms with van der Waals surface area (Å²) in [6.07, 6.45) is 8.19. The number of hydrogen-bond acceptors (Lipinski definition) is 4. The Labute approximate surface area is 179 Å². The zero-order chi connectivity index (χ0) is 21.5. The zero-order valence-electron chi connectivity index (χ0n) is 18.3. The molecule has 1 aliphatic heterocycles. The van der Waals surface area contributed by atoms with Crippen LogP contribution in [0.1, 0.15) is 27.2 Å². The maximum atomic E-state index is 13.5. The van der Waals surface area contributed by atoms with E-state index in [2.05, 4.69) is 42.7 Å². The Balaban J connectivity index is 1.70. The van der Waals surface area contributed by atoms with Crippen LogP contribution < -0.4 is 4.90 Å². The van der Waals surface area contributed by atoms with Gasteiger partial charge < -0.3 is 14.4 Å². The first-order chi connectivity index (χ1) is 14.5. The molecule has 162 valence electrons. The van der Waals surface area contributed by atoms with Crippen LogP contribution in [0.2, 0.25) is 0 Å². The van der Waals surface area contributed by atoms with Gasteiger partial charge in [-0.1, -0.05) is 39.0 Å². The normalized spacial score (nSPS) is 20.4. The lowest BCUT2D eigenvalue weighted by molar-refractivity contribution is -0.110. The summed E-state index contributed by atoms with van der Waals surface area (Å²) in [5, 5.41) is 0. The summed E-state index contributed by atoms with van der Waals surface area (Å²) in [5.41, 5.74) is 3.18. The fourth-order valence-electron chi connectivity index (χ4n) is 3.90. The van der Waals surface area contributed by atoms with Crippen LogP contribution in [0, 0.1) is 17.7 Å². The average Bonchev–Trinajstić information content (AvgIpc) is 2.92. The van der Waals surface area contributed by atoms with Gasteiger partial charge in [0.1, 0.15) is 17.9 Å². The van der Waals surface area contributed by atoms with Gasteiger partial charge in [-0.3, -0.25) is 4.90 Å². The number of allylic oxidation sites excluding steroid dienone is 5. The third kappa shape index (κ3) is 5.60. The molecule has 1 heterocycles. The molecule has 0 amide bonds. The molecule has 1 atom stereocenters. The van der Waals surface area contributed by atoms with Crippen molar-refractivity contribution in [3.63, 3.8) is 0 Å². The highest BCUT2D eigenvalue weighted by Gasteiger charge is 2.26. The smallest absolute Gasteiger partial charge is 0.134 e. The molecule has 0 saturated carbocycles. The first-order valence-corrected chi connectivity index (χ1v) is 10.9. The van der Waals surface area contributed by atoms with E-state index >= 15 is 0 Å². The predicted molar refractivity (Wildman–Crippen MR) is 120 cm³/mol. The van der Waals surface area contributed by atoms with Gasteiger partial charge >= 0.3 is 0 Å². The molecule has 5 heteroatoms. The maximum Gasteiger partial charge on any atom is 0.134 e. The largest absolute Gasteiger partial charge is 0.497 e. The number of piperazine rings is 1. The molecule has 1 aromatic rings. The number of hydrogen-bond donors (Lipinski definition) is 0. The topological polar surface area (TPSA) is 32.8 Å². The van der Waals surface area contributed by atoms with Gasteiger partial charge in [0.25, 0.3) is 0 Å². The number of halogens is 1. The fourth-order valence-corrected chi connectivity index (χ4v) is 3.90. The van der Waals surface area contributed by atoms with Crippen molar-refractivity contribution in [1.82, 2.24) is 4.90 Å². The highest BCUT2D eigenvalue weighted by molar-refractivity contribution is 5.65. The number of nitrogens with zero attached hydrogens (tertiary/aromatic N) is 2. The molecular formula is C25H33FN2O2. The van der Waals surface area contributed by atoms with E-state index in [-0.39, 0.29) is 11.7 Å². The number of rotatable bonds is 8. The second-order valence-corrected chi connectivity index (χ2v) is 8.31. The standard InChI is InChI=1S/C25H33FN2O2/c1-4-14-30-25-15-20(19(2)3)8-9-21(24(25)18-29)17-27-10-12-28(13-11-27)23-7-5-6-22(26)16-23/h5-9,15-16,18-19,24H,4,10-14,17H2,1-3H3. The first-order valence-electron chi connectivity index (χ1n) is 10.9. The van der Waals surface area contributed by atoms with Crippen LogP contribution in [0.25, 0.3) is 0 Å². The summed E-state index contributed by atoms with van der Waals surface area (Å²) in [6.45, 7) is 11.1. The van der Waals surface area contributed by atoms with Gasteiger partial charge in [-0.05, 0) is 47.8 Å². The van der Waals surface area contributed by atoms with Crippen molar-refractivity contribution < 1.29 is 13.9 Å². The molecule has 2 aliphatic rings. The molecule has 30 heavy (non-hydrogen) atoms. The quantitative estimate of drug-likeness (QED) is 0.585. The van der Waals surface area contributed by atoms with Crippen LogP contribution in [-0.2, 0) is 9.53 Å². The van der Waals surface area contributed by atoms with Crippen LogP contribution in [0.4, 0.5) is 10.1 Å². The molecule has 1 saturated heterocycles. The van der Waals surface area contributed by atoms with Crippen molar-refractivity contribution >= 4 is 12.0 Å². The lowest BCUT2D eigenvalue weighted by atomic mass is 9.97. The minimum atomic E-state index is -0.342. The SMILES string of the molecule is CCCOC1=CC(C(C)C)=CC=C(CN2CCN(c3cccc(F)c3)CC2)C1C=O. The summed E-state index contributed by atoms with van der Waals surface area (Å²) in [5.74, 6) is 0.577. The lowest BCUT2D eigenvalue weighted by Gasteiger charge is -2.37. The van der Waals surface area contributed by atoms with Gasteiger partial charge in [-0.15, -0.1) is 0 Å². The number of ether oxygens (including phenoxy) is 1. The van der Waals surface area contributed by atoms with Gasteiger partial charge in [0.2, 0.25) is 0 Å². The minimum Gasteiger partial charge on any atom is -0.497 e. The van der Waals surface area contributed by atoms with Crippen molar-refractivity contribution in [2.75, 3.05) is 44.2 Å². The Morgan fingerprint density at radius 2 is 1.97 bits per heavy atom. The Bertz CT molecular complexity index is 820. The lowest BCUT2D eigenvalue weighted by Crippen LogP contribution is -2.47. The van der Waals surface area contributed by atoms with E-state index < -0.39 is 0 Å². The van der Waals surface area contributed by atoms with Gasteiger partial charge in [-0.2, -0.15) is 0 Å². The fraction of sp³-hybridized carbons (Fsp3) is 0.480. The summed E-state index contributed by atoms with van der Waals surface area (Å²) in [6, 6.07) is 6.77. The Kier molecular flexibility index (Phi) is 7.86. The van der Waals surface area contributed by atoms with Crippen molar-refractivity contribution in [3.8, 4) is 0 Å². The molecule has 0 N–H and O–H groups in total. The van der Waals surface area contributed by atoms with Crippen molar-refractivity contribution in [2.45, 2.75) is 27.2 Å². The third-order valence-electron chi connectivity index (χ3n) is 5.73. The number of carbonyl (C=O) groups excluding carboxylic acids is 1. The molecule has 4 nitrogen and oxygen atoms in total.